The summed E-state index contributed by atoms with van der Waals surface area (Å²) in [5, 5.41) is 17.1. The van der Waals surface area contributed by atoms with Crippen LogP contribution in [0.3, 0.4) is 0 Å². The summed E-state index contributed by atoms with van der Waals surface area (Å²) in [5.41, 5.74) is -1.36. The fourth-order valence-corrected chi connectivity index (χ4v) is 1.11. The fourth-order valence-electron chi connectivity index (χ4n) is 1.11. The van der Waals surface area contributed by atoms with Crippen LogP contribution in [0.1, 0.15) is 5.56 Å². The van der Waals surface area contributed by atoms with Crippen LogP contribution in [0.5, 0.6) is 0 Å². The van der Waals surface area contributed by atoms with Gasteiger partial charge in [-0.25, -0.2) is 26.7 Å². The Morgan fingerprint density at radius 3 is 1.65 bits per heavy atom. The SMILES string of the molecule is O=C(O)[C@@H](O)Cc1c(F)c(F)c(F)c(F)c1F. The molecule has 0 saturated carbocycles. The Hall–Kier alpha value is -1.70. The largest absolute Gasteiger partial charge is 0.479 e. The van der Waals surface area contributed by atoms with Gasteiger partial charge in [-0.1, -0.05) is 0 Å². The predicted molar refractivity (Wildman–Crippen MR) is 43.6 cm³/mol. The van der Waals surface area contributed by atoms with E-state index in [4.69, 9.17) is 10.2 Å². The van der Waals surface area contributed by atoms with E-state index < -0.39 is 53.1 Å². The maximum atomic E-state index is 13.0. The topological polar surface area (TPSA) is 57.5 Å². The second-order valence-corrected chi connectivity index (χ2v) is 3.11. The highest BCUT2D eigenvalue weighted by atomic mass is 19.2. The van der Waals surface area contributed by atoms with Crippen LogP contribution in [0.15, 0.2) is 0 Å². The van der Waals surface area contributed by atoms with Crippen LogP contribution in [-0.2, 0) is 11.2 Å². The minimum atomic E-state index is -2.34. The Kier molecular flexibility index (Phi) is 3.66. The number of hydrogen-bond donors (Lipinski definition) is 2. The summed E-state index contributed by atoms with van der Waals surface area (Å²) in [4.78, 5) is 10.2. The molecule has 0 fully saturated rings. The van der Waals surface area contributed by atoms with Gasteiger partial charge in [-0.05, 0) is 0 Å². The number of carbonyl (C=O) groups is 1. The van der Waals surface area contributed by atoms with Crippen molar-refractivity contribution in [1.82, 2.24) is 0 Å². The molecule has 0 radical (unpaired) electrons. The molecule has 0 aromatic heterocycles. The Morgan fingerprint density at radius 2 is 1.29 bits per heavy atom. The van der Waals surface area contributed by atoms with Crippen molar-refractivity contribution in [1.29, 1.82) is 0 Å². The van der Waals surface area contributed by atoms with Crippen molar-refractivity contribution in [2.75, 3.05) is 0 Å². The number of aliphatic carboxylic acids is 1. The van der Waals surface area contributed by atoms with E-state index in [0.717, 1.165) is 0 Å². The van der Waals surface area contributed by atoms with Crippen molar-refractivity contribution in [3.8, 4) is 0 Å². The second kappa shape index (κ2) is 4.66. The Morgan fingerprint density at radius 1 is 0.941 bits per heavy atom. The zero-order chi connectivity index (χ0) is 13.3. The summed E-state index contributed by atoms with van der Waals surface area (Å²) < 4.78 is 63.9. The lowest BCUT2D eigenvalue weighted by molar-refractivity contribution is -0.146. The number of aliphatic hydroxyl groups is 1. The fraction of sp³-hybridized carbons (Fsp3) is 0.222. The Labute approximate surface area is 91.1 Å². The van der Waals surface area contributed by atoms with E-state index in [1.165, 1.54) is 0 Å². The molecule has 0 unspecified atom stereocenters. The first-order chi connectivity index (χ1) is 7.77. The van der Waals surface area contributed by atoms with Crippen LogP contribution in [0.4, 0.5) is 22.0 Å². The summed E-state index contributed by atoms with van der Waals surface area (Å²) in [7, 11) is 0. The van der Waals surface area contributed by atoms with Gasteiger partial charge in [0.2, 0.25) is 5.82 Å². The molecule has 0 aliphatic heterocycles. The number of halogens is 5. The van der Waals surface area contributed by atoms with E-state index in [1.54, 1.807) is 0 Å². The van der Waals surface area contributed by atoms with Gasteiger partial charge in [0.25, 0.3) is 0 Å². The summed E-state index contributed by atoms with van der Waals surface area (Å²) in [6.45, 7) is 0. The van der Waals surface area contributed by atoms with Crippen LogP contribution in [0, 0.1) is 29.1 Å². The van der Waals surface area contributed by atoms with Crippen LogP contribution < -0.4 is 0 Å². The number of carboxylic acids is 1. The molecule has 3 nitrogen and oxygen atoms in total. The molecule has 1 aromatic carbocycles. The van der Waals surface area contributed by atoms with Gasteiger partial charge in [-0.2, -0.15) is 0 Å². The third kappa shape index (κ3) is 2.36. The molecule has 17 heavy (non-hydrogen) atoms. The number of benzene rings is 1. The van der Waals surface area contributed by atoms with Crippen LogP contribution >= 0.6 is 0 Å². The predicted octanol–water partition coefficient (Wildman–Crippen LogP) is 1.37. The molecule has 8 heteroatoms. The highest BCUT2D eigenvalue weighted by Gasteiger charge is 2.28. The smallest absolute Gasteiger partial charge is 0.332 e. The number of aliphatic hydroxyl groups excluding tert-OH is 1. The third-order valence-electron chi connectivity index (χ3n) is 1.98. The lowest BCUT2D eigenvalue weighted by atomic mass is 10.1. The van der Waals surface area contributed by atoms with E-state index in [-0.39, 0.29) is 0 Å². The monoisotopic (exact) mass is 256 g/mol. The van der Waals surface area contributed by atoms with E-state index in [0.29, 0.717) is 0 Å². The normalized spacial score (nSPS) is 12.6. The summed E-state index contributed by atoms with van der Waals surface area (Å²) in [5.74, 6) is -12.8. The molecule has 0 aliphatic rings. The zero-order valence-corrected chi connectivity index (χ0v) is 7.98. The van der Waals surface area contributed by atoms with Crippen molar-refractivity contribution in [3.05, 3.63) is 34.6 Å². The number of carboxylic acid groups (broad SMARTS) is 1. The summed E-state index contributed by atoms with van der Waals surface area (Å²) >= 11 is 0. The number of hydrogen-bond acceptors (Lipinski definition) is 2. The van der Waals surface area contributed by atoms with Gasteiger partial charge in [0, 0.05) is 12.0 Å². The lowest BCUT2D eigenvalue weighted by Crippen LogP contribution is -2.24. The average molecular weight is 256 g/mol. The first-order valence-electron chi connectivity index (χ1n) is 4.18. The minimum absolute atomic E-state index is 1.22. The summed E-state index contributed by atoms with van der Waals surface area (Å²) in [6, 6.07) is 0. The maximum absolute atomic E-state index is 13.0. The molecule has 94 valence electrons. The molecule has 1 aromatic rings. The van der Waals surface area contributed by atoms with Gasteiger partial charge in [0.1, 0.15) is 0 Å². The minimum Gasteiger partial charge on any atom is -0.479 e. The maximum Gasteiger partial charge on any atom is 0.332 e. The van der Waals surface area contributed by atoms with E-state index >= 15 is 0 Å². The van der Waals surface area contributed by atoms with Gasteiger partial charge in [-0.15, -0.1) is 0 Å². The van der Waals surface area contributed by atoms with Crippen molar-refractivity contribution in [2.24, 2.45) is 0 Å². The molecule has 0 heterocycles. The Balaban J connectivity index is 3.30. The average Bonchev–Trinajstić information content (AvgIpc) is 2.29. The molecule has 2 N–H and O–H groups in total. The highest BCUT2D eigenvalue weighted by Crippen LogP contribution is 2.23. The zero-order valence-electron chi connectivity index (χ0n) is 7.98. The molecule has 0 aliphatic carbocycles. The molecule has 1 rings (SSSR count). The molecule has 0 bridgehead atoms. The number of rotatable bonds is 3. The molecule has 0 saturated heterocycles. The van der Waals surface area contributed by atoms with Crippen LogP contribution in [0.2, 0.25) is 0 Å². The van der Waals surface area contributed by atoms with Crippen molar-refractivity contribution >= 4 is 5.97 Å². The van der Waals surface area contributed by atoms with Gasteiger partial charge < -0.3 is 10.2 Å². The Bertz CT molecular complexity index is 445. The molecule has 1 atom stereocenters. The molecule has 0 amide bonds. The standard InChI is InChI=1S/C9H5F5O3/c10-4-2(1-3(15)9(16)17)5(11)7(13)8(14)6(4)12/h3,15H,1H2,(H,16,17)/t3-/m0/s1. The van der Waals surface area contributed by atoms with Gasteiger partial charge >= 0.3 is 5.97 Å². The molecular weight excluding hydrogens is 251 g/mol. The highest BCUT2D eigenvalue weighted by molar-refractivity contribution is 5.72. The second-order valence-electron chi connectivity index (χ2n) is 3.11. The van der Waals surface area contributed by atoms with Crippen molar-refractivity contribution < 1.29 is 37.0 Å². The summed E-state index contributed by atoms with van der Waals surface area (Å²) in [6.07, 6.45) is -3.48. The first-order valence-corrected chi connectivity index (χ1v) is 4.18. The lowest BCUT2D eigenvalue weighted by Gasteiger charge is -2.09. The van der Waals surface area contributed by atoms with Crippen LogP contribution in [0.25, 0.3) is 0 Å². The van der Waals surface area contributed by atoms with Gasteiger partial charge in [0.15, 0.2) is 29.4 Å². The van der Waals surface area contributed by atoms with Gasteiger partial charge in [0.05, 0.1) is 0 Å². The quantitative estimate of drug-likeness (QED) is 0.488. The van der Waals surface area contributed by atoms with Crippen molar-refractivity contribution in [2.45, 2.75) is 12.5 Å². The van der Waals surface area contributed by atoms with Gasteiger partial charge in [-0.3, -0.25) is 0 Å². The van der Waals surface area contributed by atoms with E-state index in [9.17, 15) is 26.7 Å². The van der Waals surface area contributed by atoms with E-state index in [1.807, 2.05) is 0 Å². The van der Waals surface area contributed by atoms with Crippen LogP contribution in [-0.4, -0.2) is 22.3 Å². The van der Waals surface area contributed by atoms with E-state index in [2.05, 4.69) is 0 Å². The first kappa shape index (κ1) is 13.4. The third-order valence-corrected chi connectivity index (χ3v) is 1.98. The molecular formula is C9H5F5O3. The van der Waals surface area contributed by atoms with Crippen molar-refractivity contribution in [3.63, 3.8) is 0 Å². The molecule has 0 spiro atoms.